The van der Waals surface area contributed by atoms with Crippen molar-refractivity contribution in [3.05, 3.63) is 102 Å². The molecular weight excluding hydrogens is 1540 g/mol. The highest BCUT2D eigenvalue weighted by Gasteiger charge is 2.44. The van der Waals surface area contributed by atoms with Gasteiger partial charge in [-0.2, -0.15) is 0 Å². The lowest BCUT2D eigenvalue weighted by Crippen LogP contribution is -2.62. The number of carbonyl (C=O) groups excluding carboxylic acids is 13. The zero-order valence-corrected chi connectivity index (χ0v) is 68.6. The SMILES string of the molecule is CC(C)C[C@H](NC(=O)[C@H](CCCCN)NC(=O)[C@@H](NC(=O)[C@H](CC(C)C)NC(=O)[C@@H]1CCCN1C(=O)[C@H](CC(=O)O)NC(=O)[C@H](Cc1ccc(O)cc1)NC(=O)[C@H](Cc1c[nH]c2ccccc12)NC(=O)[C@@H](NC(=O)[C@H](C)N)[C@@H](C)O)[C@@H](C)O)C(=O)N[C@@H](Cc1c[nH]c2ccccc12)C(=O)N[C@@H](CC(C)C)C(=O)N1CCC[C@H]1C(=O)NCC(=O)O. The molecule has 0 radical (unpaired) electrons. The van der Waals surface area contributed by atoms with Crippen molar-refractivity contribution in [3.63, 3.8) is 0 Å². The Kier molecular flexibility index (Phi) is 35.6. The van der Waals surface area contributed by atoms with Gasteiger partial charge in [0.25, 0.3) is 0 Å². The van der Waals surface area contributed by atoms with Gasteiger partial charge >= 0.3 is 11.9 Å². The molecule has 7 rings (SSSR count). The van der Waals surface area contributed by atoms with Crippen molar-refractivity contribution in [2.24, 2.45) is 29.2 Å². The normalized spacial score (nSPS) is 17.3. The number of nitrogens with two attached hydrogens (primary N) is 2. The van der Waals surface area contributed by atoms with Crippen LogP contribution in [0.15, 0.2) is 85.2 Å². The number of carbonyl (C=O) groups is 15. The van der Waals surface area contributed by atoms with Gasteiger partial charge in [-0.15, -0.1) is 0 Å². The average Bonchev–Trinajstić information content (AvgIpc) is 1.72. The van der Waals surface area contributed by atoms with Gasteiger partial charge in [-0.05, 0) is 150 Å². The van der Waals surface area contributed by atoms with Crippen molar-refractivity contribution < 1.29 is 97.5 Å². The fourth-order valence-corrected chi connectivity index (χ4v) is 14.6. The number of rotatable bonds is 45. The van der Waals surface area contributed by atoms with Gasteiger partial charge in [-0.1, -0.05) is 90.1 Å². The first-order chi connectivity index (χ1) is 56.3. The third kappa shape index (κ3) is 27.8. The molecule has 22 N–H and O–H groups in total. The predicted octanol–water partition coefficient (Wildman–Crippen LogP) is -0.736. The van der Waals surface area contributed by atoms with Crippen LogP contribution in [0.3, 0.4) is 0 Å². The van der Waals surface area contributed by atoms with E-state index in [-0.39, 0.29) is 114 Å². The molecule has 2 aromatic heterocycles. The zero-order chi connectivity index (χ0) is 87.6. The molecule has 4 heterocycles. The van der Waals surface area contributed by atoms with E-state index in [2.05, 4.69) is 68.5 Å². The molecular formula is C82H117N17O20. The number of phenolic OH excluding ortho intramolecular Hbond substituents is 1. The van der Waals surface area contributed by atoms with Gasteiger partial charge in [0.15, 0.2) is 0 Å². The number of benzene rings is 3. The summed E-state index contributed by atoms with van der Waals surface area (Å²) in [5, 5.41) is 81.7. The van der Waals surface area contributed by atoms with Crippen LogP contribution in [-0.2, 0) is 91.2 Å². The summed E-state index contributed by atoms with van der Waals surface area (Å²) in [4.78, 5) is 220. The molecule has 15 atom stereocenters. The molecule has 0 aliphatic carbocycles. The van der Waals surface area contributed by atoms with Gasteiger partial charge in [0.1, 0.15) is 84.8 Å². The second kappa shape index (κ2) is 44.8. The van der Waals surface area contributed by atoms with Crippen LogP contribution in [0, 0.1) is 17.8 Å². The molecule has 13 amide bonds. The Morgan fingerprint density at radius 1 is 0.445 bits per heavy atom. The summed E-state index contributed by atoms with van der Waals surface area (Å²) in [6.45, 7) is 13.9. The van der Waals surface area contributed by atoms with Crippen molar-refractivity contribution in [1.82, 2.24) is 78.3 Å². The number of amides is 13. The van der Waals surface area contributed by atoms with E-state index in [9.17, 15) is 97.5 Å². The summed E-state index contributed by atoms with van der Waals surface area (Å²) in [7, 11) is 0. The molecule has 37 heteroatoms. The number of aromatic nitrogens is 2. The van der Waals surface area contributed by atoms with Crippen molar-refractivity contribution in [3.8, 4) is 5.75 Å². The van der Waals surface area contributed by atoms with Crippen LogP contribution in [0.1, 0.15) is 150 Å². The van der Waals surface area contributed by atoms with Crippen LogP contribution in [0.4, 0.5) is 0 Å². The summed E-state index contributed by atoms with van der Waals surface area (Å²) < 4.78 is 0. The number of aliphatic carboxylic acids is 2. The van der Waals surface area contributed by atoms with Crippen LogP contribution < -0.4 is 70.0 Å². The summed E-state index contributed by atoms with van der Waals surface area (Å²) >= 11 is 0. The van der Waals surface area contributed by atoms with Gasteiger partial charge in [-0.3, -0.25) is 71.9 Å². The van der Waals surface area contributed by atoms with E-state index in [1.807, 2.05) is 26.0 Å². The molecule has 119 heavy (non-hydrogen) atoms. The van der Waals surface area contributed by atoms with Gasteiger partial charge < -0.3 is 115 Å². The number of likely N-dealkylation sites (tertiary alicyclic amines) is 2. The average molecular weight is 1660 g/mol. The van der Waals surface area contributed by atoms with Gasteiger partial charge in [-0.25, -0.2) is 0 Å². The minimum Gasteiger partial charge on any atom is -0.508 e. The van der Waals surface area contributed by atoms with E-state index in [4.69, 9.17) is 11.5 Å². The number of carboxylic acid groups (broad SMARTS) is 2. The molecule has 0 saturated carbocycles. The summed E-state index contributed by atoms with van der Waals surface area (Å²) in [6, 6.07) is 0.591. The molecule has 2 aliphatic heterocycles. The molecule has 2 fully saturated rings. The maximum Gasteiger partial charge on any atom is 0.322 e. The minimum atomic E-state index is -1.93. The number of carboxylic acids is 2. The quantitative estimate of drug-likeness (QED) is 0.0214. The number of unbranched alkanes of at least 4 members (excludes halogenated alkanes) is 1. The number of aliphatic hydroxyl groups excluding tert-OH is 2. The molecule has 0 bridgehead atoms. The number of aromatic amines is 2. The minimum absolute atomic E-state index is 0.0154. The van der Waals surface area contributed by atoms with Crippen LogP contribution in [0.25, 0.3) is 21.8 Å². The van der Waals surface area contributed by atoms with Crippen LogP contribution in [0.2, 0.25) is 0 Å². The Hall–Kier alpha value is -11.6. The lowest BCUT2D eigenvalue weighted by atomic mass is 9.98. The number of H-pyrrole nitrogens is 2. The number of nitrogens with zero attached hydrogens (tertiary/aromatic N) is 2. The van der Waals surface area contributed by atoms with Crippen molar-refractivity contribution in [1.29, 1.82) is 0 Å². The smallest absolute Gasteiger partial charge is 0.322 e. The lowest BCUT2D eigenvalue weighted by Gasteiger charge is -2.31. The fraction of sp³-hybridized carbons (Fsp3) is 0.549. The summed E-state index contributed by atoms with van der Waals surface area (Å²) in [5.74, 6) is -15.6. The molecule has 2 aliphatic rings. The van der Waals surface area contributed by atoms with Gasteiger partial charge in [0.2, 0.25) is 76.8 Å². The molecule has 37 nitrogen and oxygen atoms in total. The highest BCUT2D eigenvalue weighted by Crippen LogP contribution is 2.26. The van der Waals surface area contributed by atoms with E-state index in [0.717, 1.165) is 10.3 Å². The van der Waals surface area contributed by atoms with Crippen molar-refractivity contribution in [2.45, 2.75) is 243 Å². The molecule has 5 aromatic rings. The molecule has 0 unspecified atom stereocenters. The molecule has 0 spiro atoms. The Morgan fingerprint density at radius 3 is 1.31 bits per heavy atom. The Morgan fingerprint density at radius 2 is 0.840 bits per heavy atom. The Bertz CT molecular complexity index is 4390. The number of para-hydroxylation sites is 2. The summed E-state index contributed by atoms with van der Waals surface area (Å²) in [5.41, 5.74) is 14.5. The molecule has 3 aromatic carbocycles. The predicted molar refractivity (Wildman–Crippen MR) is 436 cm³/mol. The number of fused-ring (bicyclic) bond motifs is 2. The first kappa shape index (κ1) is 94.6. The lowest BCUT2D eigenvalue weighted by molar-refractivity contribution is -0.146. The van der Waals surface area contributed by atoms with Crippen LogP contribution in [-0.4, -0.2) is 251 Å². The highest BCUT2D eigenvalue weighted by molar-refractivity contribution is 6.02. The van der Waals surface area contributed by atoms with Crippen molar-refractivity contribution >= 4 is 111 Å². The molecule has 2 saturated heterocycles. The highest BCUT2D eigenvalue weighted by atomic mass is 16.4. The number of aliphatic hydroxyl groups is 2. The second-order valence-electron chi connectivity index (χ2n) is 32.0. The maximum atomic E-state index is 14.9. The topological polar surface area (TPSA) is 580 Å². The monoisotopic (exact) mass is 1660 g/mol. The number of hydrogen-bond acceptors (Lipinski definition) is 20. The Labute approximate surface area is 689 Å². The standard InChI is InChI=1S/C82H117N17O20/c1-42(2)32-57(72(109)91-60(36-49-39-85-54-20-12-10-18-52(49)54)75(112)94-62(34-44(5)6)81(118)98-30-16-23-64(98)77(114)87-41-67(105)106)89-71(108)56(22-14-15-29-83)88-79(116)69(47(9)101)97-76(113)58(33-43(3)4)92-78(115)65-24-17-31-99(65)82(119)63(38-66(103)104)95-73(110)59(35-48-25-27-51(102)28-26-48)90-74(111)61(37-50-40-86-55-21-13-11-19-53(50)55)93-80(117)68(46(8)100)96-70(107)45(7)84/h10-13,18-21,25-28,39-40,42-47,56-65,68-69,85-86,100-102H,14-17,22-24,29-38,41,83-84H2,1-9H3,(H,87,114)(H,88,116)(H,89,108)(H,90,111)(H,91,109)(H,92,115)(H,93,117)(H,94,112)(H,95,110)(H,96,107)(H,97,113)(H,103,104)(H,105,106)/t45-,46+,47+,56-,57-,58-,59-,60-,61-,62-,63-,64-,65-,68-,69-/m0/s1. The number of nitrogens with one attached hydrogen (secondary N) is 13. The van der Waals surface area contributed by atoms with E-state index in [1.165, 1.54) is 49.9 Å². The van der Waals surface area contributed by atoms with E-state index in [1.54, 1.807) is 76.5 Å². The summed E-state index contributed by atoms with van der Waals surface area (Å²) in [6.07, 6.45) is -0.427. The maximum absolute atomic E-state index is 14.9. The van der Waals surface area contributed by atoms with Crippen molar-refractivity contribution in [2.75, 3.05) is 26.2 Å². The Balaban J connectivity index is 1.08. The van der Waals surface area contributed by atoms with Gasteiger partial charge in [0.05, 0.1) is 24.7 Å². The van der Waals surface area contributed by atoms with Crippen LogP contribution >= 0.6 is 0 Å². The number of hydrogen-bond donors (Lipinski definition) is 20. The first-order valence-electron chi connectivity index (χ1n) is 40.4. The largest absolute Gasteiger partial charge is 0.508 e. The third-order valence-corrected chi connectivity index (χ3v) is 20.7. The number of aromatic hydroxyl groups is 1. The first-order valence-corrected chi connectivity index (χ1v) is 40.4. The number of phenols is 1. The third-order valence-electron chi connectivity index (χ3n) is 20.7. The fourth-order valence-electron chi connectivity index (χ4n) is 14.6. The van der Waals surface area contributed by atoms with Crippen LogP contribution in [0.5, 0.6) is 5.75 Å². The second-order valence-corrected chi connectivity index (χ2v) is 32.0. The van der Waals surface area contributed by atoms with E-state index in [0.29, 0.717) is 46.0 Å². The van der Waals surface area contributed by atoms with E-state index >= 15 is 0 Å². The van der Waals surface area contributed by atoms with Gasteiger partial charge in [0, 0.05) is 66.6 Å². The zero-order valence-electron chi connectivity index (χ0n) is 68.6. The van der Waals surface area contributed by atoms with E-state index < -0.39 is 192 Å². The molecule has 650 valence electrons.